The summed E-state index contributed by atoms with van der Waals surface area (Å²) < 4.78 is 26.5. The average molecular weight is 399 g/mol. The van der Waals surface area contributed by atoms with Gasteiger partial charge in [0.15, 0.2) is 5.67 Å². The third-order valence-electron chi connectivity index (χ3n) is 5.46. The molecule has 1 saturated heterocycles. The van der Waals surface area contributed by atoms with Gasteiger partial charge in [0.25, 0.3) is 0 Å². The van der Waals surface area contributed by atoms with Crippen LogP contribution in [0, 0.1) is 5.41 Å². The highest BCUT2D eigenvalue weighted by molar-refractivity contribution is 8.15. The number of ether oxygens (including phenoxy) is 2. The Morgan fingerprint density at radius 3 is 2.44 bits per heavy atom. The minimum atomic E-state index is -1.57. The first-order chi connectivity index (χ1) is 12.4. The summed E-state index contributed by atoms with van der Waals surface area (Å²) >= 11 is 1.46. The quantitative estimate of drug-likeness (QED) is 0.637. The third-order valence-corrected chi connectivity index (χ3v) is 7.20. The molecule has 7 heteroatoms. The molecule has 2 fully saturated rings. The molecule has 0 aromatic heterocycles. The molecule has 2 aliphatic heterocycles. The van der Waals surface area contributed by atoms with E-state index in [4.69, 9.17) is 9.47 Å². The van der Waals surface area contributed by atoms with E-state index < -0.39 is 17.4 Å². The predicted molar refractivity (Wildman–Crippen MR) is 107 cm³/mol. The van der Waals surface area contributed by atoms with Crippen molar-refractivity contribution in [2.24, 2.45) is 10.4 Å². The number of allylic oxidation sites excluding steroid dienone is 1. The lowest BCUT2D eigenvalue weighted by Crippen LogP contribution is -2.64. The summed E-state index contributed by atoms with van der Waals surface area (Å²) in [6.07, 6.45) is 3.19. The summed E-state index contributed by atoms with van der Waals surface area (Å²) in [5.41, 5.74) is -2.44. The van der Waals surface area contributed by atoms with Crippen molar-refractivity contribution in [2.45, 2.75) is 76.5 Å². The van der Waals surface area contributed by atoms with Crippen LogP contribution < -0.4 is 0 Å². The molecule has 5 nitrogen and oxygen atoms in total. The normalized spacial score (nSPS) is 25.3. The molecule has 2 heterocycles. The van der Waals surface area contributed by atoms with Crippen molar-refractivity contribution in [3.8, 4) is 0 Å². The van der Waals surface area contributed by atoms with Crippen LogP contribution >= 0.6 is 11.8 Å². The number of carbonyl (C=O) groups is 1. The van der Waals surface area contributed by atoms with Gasteiger partial charge in [-0.1, -0.05) is 20.4 Å². The van der Waals surface area contributed by atoms with E-state index in [0.29, 0.717) is 11.6 Å². The number of likely N-dealkylation sites (tertiary alicyclic amines) is 1. The topological polar surface area (TPSA) is 51.1 Å². The Balaban J connectivity index is 1.53. The number of halogens is 1. The summed E-state index contributed by atoms with van der Waals surface area (Å²) in [6.45, 7) is 14.2. The van der Waals surface area contributed by atoms with Crippen LogP contribution in [0.4, 0.5) is 9.18 Å². The number of amides is 1. The Kier molecular flexibility index (Phi) is 5.30. The SMILES string of the molecule is C=C(OC1CCC1)C(C)(C)C1CN=C(C2(F)CN(C(=O)OC(C)(C)C)C2)S1. The largest absolute Gasteiger partial charge is 0.495 e. The van der Waals surface area contributed by atoms with Crippen molar-refractivity contribution in [1.29, 1.82) is 0 Å². The van der Waals surface area contributed by atoms with Crippen LogP contribution in [-0.2, 0) is 9.47 Å². The van der Waals surface area contributed by atoms with Gasteiger partial charge in [-0.2, -0.15) is 0 Å². The van der Waals surface area contributed by atoms with Gasteiger partial charge in [0.1, 0.15) is 10.6 Å². The molecule has 1 aliphatic carbocycles. The molecule has 1 unspecified atom stereocenters. The maximum atomic E-state index is 15.2. The molecule has 0 aromatic carbocycles. The van der Waals surface area contributed by atoms with Crippen molar-refractivity contribution in [3.63, 3.8) is 0 Å². The zero-order chi connectivity index (χ0) is 20.0. The molecule has 27 heavy (non-hydrogen) atoms. The number of rotatable bonds is 5. The Morgan fingerprint density at radius 2 is 1.93 bits per heavy atom. The summed E-state index contributed by atoms with van der Waals surface area (Å²) in [7, 11) is 0. The lowest BCUT2D eigenvalue weighted by molar-refractivity contribution is -0.0227. The van der Waals surface area contributed by atoms with Crippen molar-refractivity contribution in [3.05, 3.63) is 12.3 Å². The molecular formula is C20H31FN2O3S. The van der Waals surface area contributed by atoms with Crippen LogP contribution in [0.25, 0.3) is 0 Å². The van der Waals surface area contributed by atoms with Crippen LogP contribution in [-0.4, -0.2) is 58.3 Å². The number of nitrogens with zero attached hydrogens (tertiary/aromatic N) is 2. The van der Waals surface area contributed by atoms with Crippen LogP contribution in [0.2, 0.25) is 0 Å². The smallest absolute Gasteiger partial charge is 0.410 e. The van der Waals surface area contributed by atoms with Gasteiger partial charge in [0.05, 0.1) is 31.5 Å². The molecule has 0 bridgehead atoms. The summed E-state index contributed by atoms with van der Waals surface area (Å²) in [4.78, 5) is 17.9. The number of hydrogen-bond donors (Lipinski definition) is 0. The first kappa shape index (κ1) is 20.5. The zero-order valence-corrected chi connectivity index (χ0v) is 17.8. The van der Waals surface area contributed by atoms with Crippen molar-refractivity contribution in [1.82, 2.24) is 4.90 Å². The number of hydrogen-bond acceptors (Lipinski definition) is 5. The molecule has 0 radical (unpaired) electrons. The maximum Gasteiger partial charge on any atom is 0.410 e. The van der Waals surface area contributed by atoms with E-state index >= 15 is 4.39 Å². The minimum absolute atomic E-state index is 0.000412. The van der Waals surface area contributed by atoms with E-state index in [1.165, 1.54) is 23.1 Å². The Hall–Kier alpha value is -1.24. The molecule has 0 N–H and O–H groups in total. The van der Waals surface area contributed by atoms with Crippen molar-refractivity contribution >= 4 is 22.9 Å². The predicted octanol–water partition coefficient (Wildman–Crippen LogP) is 4.57. The molecule has 1 atom stereocenters. The highest BCUT2D eigenvalue weighted by Crippen LogP contribution is 2.46. The zero-order valence-electron chi connectivity index (χ0n) is 17.0. The van der Waals surface area contributed by atoms with Crippen molar-refractivity contribution < 1.29 is 18.7 Å². The van der Waals surface area contributed by atoms with Gasteiger partial charge in [0.2, 0.25) is 0 Å². The fraction of sp³-hybridized carbons (Fsp3) is 0.800. The number of aliphatic imine (C=N–C) groups is 1. The fourth-order valence-electron chi connectivity index (χ4n) is 3.17. The van der Waals surface area contributed by atoms with E-state index in [1.54, 1.807) is 20.8 Å². The molecular weight excluding hydrogens is 367 g/mol. The number of thioether (sulfide) groups is 1. The van der Waals surface area contributed by atoms with Crippen LogP contribution in [0.15, 0.2) is 17.3 Å². The van der Waals surface area contributed by atoms with Gasteiger partial charge in [-0.3, -0.25) is 4.99 Å². The van der Waals surface area contributed by atoms with E-state index in [-0.39, 0.29) is 29.9 Å². The van der Waals surface area contributed by atoms with E-state index in [2.05, 4.69) is 25.4 Å². The summed E-state index contributed by atoms with van der Waals surface area (Å²) in [5.74, 6) is 0.762. The van der Waals surface area contributed by atoms with Crippen molar-refractivity contribution in [2.75, 3.05) is 19.6 Å². The molecule has 1 saturated carbocycles. The van der Waals surface area contributed by atoms with Gasteiger partial charge in [0, 0.05) is 10.7 Å². The standard InChI is InChI=1S/C20H31FN2O3S/c1-13(25-14-8-7-9-14)19(5,6)15-10-22-16(27-15)20(21)11-23(12-20)17(24)26-18(2,3)4/h14-15H,1,7-12H2,2-6H3. The van der Waals surface area contributed by atoms with Gasteiger partial charge < -0.3 is 14.4 Å². The lowest BCUT2D eigenvalue weighted by Gasteiger charge is -2.44. The second kappa shape index (κ2) is 6.98. The highest BCUT2D eigenvalue weighted by atomic mass is 32.2. The van der Waals surface area contributed by atoms with Gasteiger partial charge in [-0.15, -0.1) is 11.8 Å². The first-order valence-corrected chi connectivity index (χ1v) is 10.5. The van der Waals surface area contributed by atoms with Crippen LogP contribution in [0.3, 0.4) is 0 Å². The molecule has 3 aliphatic rings. The van der Waals surface area contributed by atoms with Gasteiger partial charge >= 0.3 is 6.09 Å². The first-order valence-electron chi connectivity index (χ1n) is 9.65. The van der Waals surface area contributed by atoms with E-state index in [9.17, 15) is 4.79 Å². The molecule has 0 spiro atoms. The minimum Gasteiger partial charge on any atom is -0.495 e. The monoisotopic (exact) mass is 398 g/mol. The second-order valence-electron chi connectivity index (χ2n) is 9.37. The summed E-state index contributed by atoms with van der Waals surface area (Å²) in [6, 6.07) is 0. The molecule has 0 aromatic rings. The Bertz CT molecular complexity index is 646. The third kappa shape index (κ3) is 4.28. The summed E-state index contributed by atoms with van der Waals surface area (Å²) in [5, 5.41) is 0.570. The fourth-order valence-corrected chi connectivity index (χ4v) is 4.50. The molecule has 1 amide bonds. The molecule has 152 valence electrons. The second-order valence-corrected chi connectivity index (χ2v) is 10.6. The van der Waals surface area contributed by atoms with Gasteiger partial charge in [-0.25, -0.2) is 9.18 Å². The lowest BCUT2D eigenvalue weighted by atomic mass is 9.86. The van der Waals surface area contributed by atoms with E-state index in [1.807, 2.05) is 0 Å². The van der Waals surface area contributed by atoms with Gasteiger partial charge in [-0.05, 0) is 40.0 Å². The number of carbonyl (C=O) groups excluding carboxylic acids is 1. The van der Waals surface area contributed by atoms with Crippen LogP contribution in [0.5, 0.6) is 0 Å². The van der Waals surface area contributed by atoms with E-state index in [0.717, 1.165) is 18.6 Å². The Morgan fingerprint density at radius 1 is 1.30 bits per heavy atom. The number of alkyl halides is 1. The highest BCUT2D eigenvalue weighted by Gasteiger charge is 2.54. The Labute approximate surface area is 165 Å². The molecule has 3 rings (SSSR count). The van der Waals surface area contributed by atoms with Crippen LogP contribution in [0.1, 0.15) is 53.9 Å². The maximum absolute atomic E-state index is 15.2. The average Bonchev–Trinajstić information content (AvgIpc) is 2.96.